The van der Waals surface area contributed by atoms with Crippen molar-refractivity contribution >= 4 is 11.3 Å². The lowest BCUT2D eigenvalue weighted by Gasteiger charge is -2.28. The smallest absolute Gasteiger partial charge is 0.0192 e. The van der Waals surface area contributed by atoms with Gasteiger partial charge in [0.15, 0.2) is 0 Å². The molecule has 2 unspecified atom stereocenters. The number of thiophene rings is 1. The van der Waals surface area contributed by atoms with Crippen molar-refractivity contribution in [2.24, 2.45) is 0 Å². The maximum absolute atomic E-state index is 3.65. The second-order valence-electron chi connectivity index (χ2n) is 5.02. The molecule has 1 aliphatic rings. The number of nitrogens with one attached hydrogen (secondary N) is 1. The number of hydrogen-bond acceptors (Lipinski definition) is 3. The van der Waals surface area contributed by atoms with Crippen LogP contribution in [0.4, 0.5) is 0 Å². The van der Waals surface area contributed by atoms with E-state index in [-0.39, 0.29) is 0 Å². The average Bonchev–Trinajstić information content (AvgIpc) is 2.78. The SMILES string of the molecule is CCC1CN(CCc2cccs2)C(C)CCN1. The second-order valence-corrected chi connectivity index (χ2v) is 6.05. The molecule has 0 saturated carbocycles. The van der Waals surface area contributed by atoms with Crippen LogP contribution in [-0.4, -0.2) is 36.6 Å². The average molecular weight is 252 g/mol. The second kappa shape index (κ2) is 6.53. The van der Waals surface area contributed by atoms with E-state index in [9.17, 15) is 0 Å². The van der Waals surface area contributed by atoms with Crippen LogP contribution in [0.15, 0.2) is 17.5 Å². The highest BCUT2D eigenvalue weighted by molar-refractivity contribution is 7.09. The van der Waals surface area contributed by atoms with E-state index < -0.39 is 0 Å². The molecule has 0 bridgehead atoms. The highest BCUT2D eigenvalue weighted by Gasteiger charge is 2.21. The normalized spacial score (nSPS) is 26.9. The van der Waals surface area contributed by atoms with E-state index >= 15 is 0 Å². The highest BCUT2D eigenvalue weighted by Crippen LogP contribution is 2.14. The molecule has 1 fully saturated rings. The quantitative estimate of drug-likeness (QED) is 0.886. The van der Waals surface area contributed by atoms with E-state index in [1.54, 1.807) is 0 Å². The van der Waals surface area contributed by atoms with E-state index in [0.717, 1.165) is 6.04 Å². The fourth-order valence-corrected chi connectivity index (χ4v) is 3.20. The van der Waals surface area contributed by atoms with Gasteiger partial charge in [-0.05, 0) is 44.2 Å². The van der Waals surface area contributed by atoms with Crippen LogP contribution in [0.25, 0.3) is 0 Å². The molecular weight excluding hydrogens is 228 g/mol. The van der Waals surface area contributed by atoms with Gasteiger partial charge in [-0.3, -0.25) is 4.90 Å². The molecule has 2 atom stereocenters. The first kappa shape index (κ1) is 13.1. The maximum atomic E-state index is 3.65. The van der Waals surface area contributed by atoms with Crippen molar-refractivity contribution in [1.29, 1.82) is 0 Å². The summed E-state index contributed by atoms with van der Waals surface area (Å²) >= 11 is 1.88. The third kappa shape index (κ3) is 3.80. The summed E-state index contributed by atoms with van der Waals surface area (Å²) in [6, 6.07) is 5.81. The minimum atomic E-state index is 0.684. The van der Waals surface area contributed by atoms with Gasteiger partial charge < -0.3 is 5.32 Å². The molecule has 2 nitrogen and oxygen atoms in total. The van der Waals surface area contributed by atoms with Crippen molar-refractivity contribution in [2.75, 3.05) is 19.6 Å². The Kier molecular flexibility index (Phi) is 5.01. The lowest BCUT2D eigenvalue weighted by Crippen LogP contribution is -2.40. The van der Waals surface area contributed by atoms with E-state index in [4.69, 9.17) is 0 Å². The molecular formula is C14H24N2S. The van der Waals surface area contributed by atoms with Gasteiger partial charge in [0.1, 0.15) is 0 Å². The zero-order valence-electron chi connectivity index (χ0n) is 11.0. The third-order valence-corrected chi connectivity index (χ3v) is 4.73. The number of nitrogens with zero attached hydrogens (tertiary/aromatic N) is 1. The summed E-state index contributed by atoms with van der Waals surface area (Å²) in [6.45, 7) is 8.25. The van der Waals surface area contributed by atoms with Crippen LogP contribution < -0.4 is 5.32 Å². The molecule has 0 amide bonds. The topological polar surface area (TPSA) is 15.3 Å². The lowest BCUT2D eigenvalue weighted by atomic mass is 10.1. The Labute approximate surface area is 109 Å². The molecule has 0 aromatic carbocycles. The standard InChI is InChI=1S/C14H24N2S/c1-3-13-11-16(12(2)6-8-15-13)9-7-14-5-4-10-17-14/h4-5,10,12-13,15H,3,6-9,11H2,1-2H3. The van der Waals surface area contributed by atoms with Gasteiger partial charge in [0.05, 0.1) is 0 Å². The summed E-state index contributed by atoms with van der Waals surface area (Å²) in [5.41, 5.74) is 0. The van der Waals surface area contributed by atoms with Gasteiger partial charge in [0.25, 0.3) is 0 Å². The number of rotatable bonds is 4. The van der Waals surface area contributed by atoms with Crippen LogP contribution >= 0.6 is 11.3 Å². The molecule has 2 heterocycles. The summed E-state index contributed by atoms with van der Waals surface area (Å²) in [4.78, 5) is 4.18. The minimum absolute atomic E-state index is 0.684. The third-order valence-electron chi connectivity index (χ3n) is 3.79. The van der Waals surface area contributed by atoms with Crippen molar-refractivity contribution in [3.8, 4) is 0 Å². The van der Waals surface area contributed by atoms with Gasteiger partial charge in [-0.15, -0.1) is 11.3 Å². The van der Waals surface area contributed by atoms with Crippen molar-refractivity contribution in [3.63, 3.8) is 0 Å². The lowest BCUT2D eigenvalue weighted by molar-refractivity contribution is 0.206. The Bertz CT molecular complexity index is 310. The molecule has 1 aromatic rings. The molecule has 1 aliphatic heterocycles. The van der Waals surface area contributed by atoms with E-state index in [1.165, 1.54) is 43.8 Å². The van der Waals surface area contributed by atoms with Gasteiger partial charge in [-0.1, -0.05) is 13.0 Å². The van der Waals surface area contributed by atoms with E-state index in [1.807, 2.05) is 11.3 Å². The molecule has 1 N–H and O–H groups in total. The monoisotopic (exact) mass is 252 g/mol. The molecule has 0 radical (unpaired) electrons. The van der Waals surface area contributed by atoms with Crippen LogP contribution in [0.5, 0.6) is 0 Å². The summed E-state index contributed by atoms with van der Waals surface area (Å²) in [6.07, 6.45) is 3.72. The highest BCUT2D eigenvalue weighted by atomic mass is 32.1. The largest absolute Gasteiger partial charge is 0.313 e. The Morgan fingerprint density at radius 3 is 3.12 bits per heavy atom. The zero-order valence-corrected chi connectivity index (χ0v) is 11.8. The first-order valence-corrected chi connectivity index (χ1v) is 7.67. The van der Waals surface area contributed by atoms with Gasteiger partial charge in [0.2, 0.25) is 0 Å². The minimum Gasteiger partial charge on any atom is -0.313 e. The first-order chi connectivity index (χ1) is 8.29. The fraction of sp³-hybridized carbons (Fsp3) is 0.714. The summed E-state index contributed by atoms with van der Waals surface area (Å²) in [7, 11) is 0. The van der Waals surface area contributed by atoms with Crippen molar-refractivity contribution in [1.82, 2.24) is 10.2 Å². The molecule has 3 heteroatoms. The van der Waals surface area contributed by atoms with Crippen molar-refractivity contribution in [3.05, 3.63) is 22.4 Å². The van der Waals surface area contributed by atoms with Crippen molar-refractivity contribution in [2.45, 2.75) is 45.2 Å². The Hall–Kier alpha value is -0.380. The molecule has 17 heavy (non-hydrogen) atoms. The van der Waals surface area contributed by atoms with Gasteiger partial charge in [-0.2, -0.15) is 0 Å². The first-order valence-electron chi connectivity index (χ1n) is 6.79. The molecule has 0 spiro atoms. The fourth-order valence-electron chi connectivity index (χ4n) is 2.50. The Morgan fingerprint density at radius 2 is 2.41 bits per heavy atom. The molecule has 96 valence electrons. The maximum Gasteiger partial charge on any atom is 0.0192 e. The van der Waals surface area contributed by atoms with Crippen LogP contribution in [-0.2, 0) is 6.42 Å². The van der Waals surface area contributed by atoms with E-state index in [0.29, 0.717) is 6.04 Å². The molecule has 2 rings (SSSR count). The molecule has 0 aliphatic carbocycles. The van der Waals surface area contributed by atoms with Crippen LogP contribution in [0.3, 0.4) is 0 Å². The van der Waals surface area contributed by atoms with Crippen molar-refractivity contribution < 1.29 is 0 Å². The van der Waals surface area contributed by atoms with Crippen LogP contribution in [0.1, 0.15) is 31.6 Å². The summed E-state index contributed by atoms with van der Waals surface area (Å²) in [5, 5.41) is 5.82. The molecule has 1 aromatic heterocycles. The van der Waals surface area contributed by atoms with Crippen LogP contribution in [0, 0.1) is 0 Å². The summed E-state index contributed by atoms with van der Waals surface area (Å²) in [5.74, 6) is 0. The molecule has 1 saturated heterocycles. The van der Waals surface area contributed by atoms with Gasteiger partial charge >= 0.3 is 0 Å². The van der Waals surface area contributed by atoms with Crippen LogP contribution in [0.2, 0.25) is 0 Å². The summed E-state index contributed by atoms with van der Waals surface area (Å²) < 4.78 is 0. The predicted octanol–water partition coefficient (Wildman–Crippen LogP) is 2.75. The Balaban J connectivity index is 1.87. The van der Waals surface area contributed by atoms with Gasteiger partial charge in [-0.25, -0.2) is 0 Å². The van der Waals surface area contributed by atoms with Gasteiger partial charge in [0, 0.05) is 30.1 Å². The number of hydrogen-bond donors (Lipinski definition) is 1. The van der Waals surface area contributed by atoms with E-state index in [2.05, 4.69) is 41.6 Å². The Morgan fingerprint density at radius 1 is 1.53 bits per heavy atom. The predicted molar refractivity (Wildman–Crippen MR) is 75.8 cm³/mol. The zero-order chi connectivity index (χ0) is 12.1.